The van der Waals surface area contributed by atoms with Crippen molar-refractivity contribution < 1.29 is 0 Å². The topological polar surface area (TPSA) is 0 Å². The summed E-state index contributed by atoms with van der Waals surface area (Å²) in [6, 6.07) is 0. The van der Waals surface area contributed by atoms with Gasteiger partial charge in [-0.25, -0.2) is 0 Å². The first-order chi connectivity index (χ1) is 8.00. The van der Waals surface area contributed by atoms with Crippen LogP contribution in [0.2, 0.25) is 13.4 Å². The number of rotatable bonds is 0. The molecule has 0 aromatic rings. The van der Waals surface area contributed by atoms with Crippen LogP contribution in [-0.4, -0.2) is 92.1 Å². The minimum atomic E-state index is 0.550. The zero-order valence-corrected chi connectivity index (χ0v) is 26.0. The predicted octanol–water partition coefficient (Wildman–Crippen LogP) is 5.49. The van der Waals surface area contributed by atoms with Gasteiger partial charge in [-0.1, -0.05) is 0 Å². The van der Waals surface area contributed by atoms with Gasteiger partial charge < -0.3 is 0 Å². The fraction of sp³-hybridized carbons (Fsp3) is 1.00. The van der Waals surface area contributed by atoms with Crippen molar-refractivity contribution >= 4 is 92.1 Å². The van der Waals surface area contributed by atoms with Crippen LogP contribution in [0.4, 0.5) is 0 Å². The van der Waals surface area contributed by atoms with E-state index in [1.54, 1.807) is 0 Å². The summed E-state index contributed by atoms with van der Waals surface area (Å²) in [5.41, 5.74) is 0. The third kappa shape index (κ3) is 816. The van der Waals surface area contributed by atoms with Crippen LogP contribution in [0.1, 0.15) is 83.1 Å². The van der Waals surface area contributed by atoms with Gasteiger partial charge in [0.1, 0.15) is 0 Å². The normalized spacial score (nSPS) is 12.0. The second kappa shape index (κ2) is 13.6. The van der Waals surface area contributed by atoms with Crippen molar-refractivity contribution in [2.24, 2.45) is 0 Å². The molecule has 0 heterocycles. The first kappa shape index (κ1) is 31.1. The van der Waals surface area contributed by atoms with Crippen molar-refractivity contribution in [3.05, 3.63) is 0 Å². The fourth-order valence-electron chi connectivity index (χ4n) is 0. The van der Waals surface area contributed by atoms with E-state index >= 15 is 0 Å². The molecular weight excluding hydrogens is 679 g/mol. The summed E-state index contributed by atoms with van der Waals surface area (Å²) < 4.78 is 2.20. The molecule has 0 aliphatic heterocycles. The van der Waals surface area contributed by atoms with Gasteiger partial charge in [0.05, 0.1) is 0 Å². The van der Waals surface area contributed by atoms with Gasteiger partial charge in [0, 0.05) is 0 Å². The van der Waals surface area contributed by atoms with Crippen molar-refractivity contribution in [3.8, 4) is 0 Å². The summed E-state index contributed by atoms with van der Waals surface area (Å²) in [6.07, 6.45) is 0. The first-order valence-corrected chi connectivity index (χ1v) is 12.0. The molecule has 0 rings (SSSR count). The van der Waals surface area contributed by atoms with Crippen LogP contribution in [0.25, 0.3) is 0 Å². The van der Waals surface area contributed by atoms with Crippen LogP contribution < -0.4 is 0 Å². The summed E-state index contributed by atoms with van der Waals surface area (Å²) in [4.78, 5) is 0. The maximum absolute atomic E-state index is 2.21. The van der Waals surface area contributed by atoms with Crippen molar-refractivity contribution in [2.75, 3.05) is 0 Å². The molecule has 8 radical (unpaired) electrons. The Bertz CT molecular complexity index is 124. The molecule has 120 valence electrons. The van der Waals surface area contributed by atoms with Crippen molar-refractivity contribution in [2.45, 2.75) is 96.5 Å². The van der Waals surface area contributed by atoms with E-state index in [1.165, 1.54) is 0 Å². The van der Waals surface area contributed by atoms with Crippen LogP contribution in [-0.2, 0) is 0 Å². The van der Waals surface area contributed by atoms with E-state index in [4.69, 9.17) is 0 Å². The molecule has 20 heavy (non-hydrogen) atoms. The summed E-state index contributed by atoms with van der Waals surface area (Å²) in [5, 5.41) is 0. The molecule has 0 spiro atoms. The Morgan fingerprint density at radius 2 is 0.300 bits per heavy atom. The Morgan fingerprint density at radius 3 is 0.300 bits per heavy atom. The molecule has 0 fully saturated rings. The zero-order valence-electron chi connectivity index (χ0n) is 15.8. The molecular formula is C16H36Sb4. The molecule has 0 aromatic heterocycles. The van der Waals surface area contributed by atoms with Crippen LogP contribution in [0.3, 0.4) is 0 Å². The summed E-state index contributed by atoms with van der Waals surface area (Å²) in [6.45, 7) is 26.5. The molecule has 0 aliphatic rings. The van der Waals surface area contributed by atoms with Gasteiger partial charge in [-0.2, -0.15) is 0 Å². The average molecular weight is 716 g/mol. The van der Waals surface area contributed by atoms with E-state index in [2.05, 4.69) is 83.1 Å². The van der Waals surface area contributed by atoms with E-state index in [-0.39, 0.29) is 0 Å². The molecule has 0 saturated heterocycles. The Labute approximate surface area is 186 Å². The van der Waals surface area contributed by atoms with Gasteiger partial charge in [0.15, 0.2) is 0 Å². The van der Waals surface area contributed by atoms with E-state index in [0.29, 0.717) is 13.4 Å². The summed E-state index contributed by atoms with van der Waals surface area (Å²) in [5.74, 6) is 0. The molecule has 0 unspecified atom stereocenters. The number of hydrogen-bond acceptors (Lipinski definition) is 0. The van der Waals surface area contributed by atoms with Gasteiger partial charge in [-0.3, -0.25) is 0 Å². The van der Waals surface area contributed by atoms with Gasteiger partial charge in [-0.05, 0) is 0 Å². The third-order valence-electron chi connectivity index (χ3n) is 0. The Balaban J connectivity index is -0.0000000853. The van der Waals surface area contributed by atoms with Gasteiger partial charge >= 0.3 is 189 Å². The molecule has 0 aromatic carbocycles. The van der Waals surface area contributed by atoms with E-state index < -0.39 is 0 Å². The molecule has 4 heteroatoms. The first-order valence-electron chi connectivity index (χ1n) is 6.89. The monoisotopic (exact) mass is 712 g/mol. The Morgan fingerprint density at radius 1 is 0.300 bits per heavy atom. The maximum atomic E-state index is 2.21. The van der Waals surface area contributed by atoms with Gasteiger partial charge in [-0.15, -0.1) is 0 Å². The second-order valence-corrected chi connectivity index (χ2v) is 24.0. The van der Waals surface area contributed by atoms with Crippen LogP contribution in [0.5, 0.6) is 0 Å². The zero-order chi connectivity index (χ0) is 18.0. The van der Waals surface area contributed by atoms with Gasteiger partial charge in [0.2, 0.25) is 0 Å². The quantitative estimate of drug-likeness (QED) is 0.292. The molecule has 0 N–H and O–H groups in total. The molecule has 0 amide bonds. The predicted molar refractivity (Wildman–Crippen MR) is 102 cm³/mol. The second-order valence-electron chi connectivity index (χ2n) is 8.68. The van der Waals surface area contributed by atoms with Crippen molar-refractivity contribution in [3.63, 3.8) is 0 Å². The molecule has 0 saturated carbocycles. The summed E-state index contributed by atoms with van der Waals surface area (Å²) >= 11 is 7.48. The van der Waals surface area contributed by atoms with Crippen LogP contribution in [0.15, 0.2) is 0 Å². The SMILES string of the molecule is C[C](C)(C)[Sb].C[C](C)(C)[Sb].C[C](C)(C)[Sb].C[C](C)(C)[Sb]. The Kier molecular flexibility index (Phi) is 21.1. The average Bonchev–Trinajstić information content (AvgIpc) is 1.62. The van der Waals surface area contributed by atoms with Crippen molar-refractivity contribution in [1.29, 1.82) is 0 Å². The van der Waals surface area contributed by atoms with E-state index in [9.17, 15) is 0 Å². The minimum absolute atomic E-state index is 0.550. The molecule has 0 atom stereocenters. The summed E-state index contributed by atoms with van der Waals surface area (Å²) in [7, 11) is 0. The fourth-order valence-corrected chi connectivity index (χ4v) is 0. The molecule has 0 bridgehead atoms. The van der Waals surface area contributed by atoms with Crippen LogP contribution in [0, 0.1) is 0 Å². The standard InChI is InChI=1S/4C4H9.4Sb/c4*1-4(2)3;;;;/h4*1-3H3;;;;. The van der Waals surface area contributed by atoms with E-state index in [0.717, 1.165) is 0 Å². The molecule has 0 nitrogen and oxygen atoms in total. The van der Waals surface area contributed by atoms with Crippen molar-refractivity contribution in [1.82, 2.24) is 0 Å². The number of hydrogen-bond donors (Lipinski definition) is 0. The molecule has 0 aliphatic carbocycles. The van der Waals surface area contributed by atoms with Crippen LogP contribution >= 0.6 is 0 Å². The Hall–Kier alpha value is 3.27. The van der Waals surface area contributed by atoms with Gasteiger partial charge in [0.25, 0.3) is 0 Å². The van der Waals surface area contributed by atoms with E-state index in [1.807, 2.05) is 92.1 Å². The third-order valence-corrected chi connectivity index (χ3v) is 0.